The third-order valence-electron chi connectivity index (χ3n) is 4.63. The number of furan rings is 1. The molecule has 2 aromatic heterocycles. The van der Waals surface area contributed by atoms with Crippen LogP contribution < -0.4 is 5.32 Å². The van der Waals surface area contributed by atoms with Crippen LogP contribution in [0.1, 0.15) is 31.4 Å². The fourth-order valence-corrected chi connectivity index (χ4v) is 4.11. The number of hydrogen-bond acceptors (Lipinski definition) is 5. The summed E-state index contributed by atoms with van der Waals surface area (Å²) in [7, 11) is 0. The van der Waals surface area contributed by atoms with Crippen molar-refractivity contribution in [2.75, 3.05) is 13.1 Å². The number of rotatable bonds is 5. The minimum atomic E-state index is -0.164. The molecule has 3 aromatic rings. The number of likely N-dealkylation sites (tertiary alicyclic amines) is 1. The normalized spacial score (nSPS) is 15.1. The molecule has 6 nitrogen and oxygen atoms in total. The predicted octanol–water partition coefficient (Wildman–Crippen LogP) is 3.58. The summed E-state index contributed by atoms with van der Waals surface area (Å²) in [4.78, 5) is 30.4. The van der Waals surface area contributed by atoms with Gasteiger partial charge in [-0.15, -0.1) is 11.3 Å². The number of para-hydroxylation sites is 1. The lowest BCUT2D eigenvalue weighted by Crippen LogP contribution is -2.40. The molecule has 0 aliphatic carbocycles. The molecule has 1 saturated heterocycles. The van der Waals surface area contributed by atoms with E-state index in [0.717, 1.165) is 34.5 Å². The Bertz CT molecular complexity index is 929. The lowest BCUT2D eigenvalue weighted by atomic mass is 10.2. The first kappa shape index (κ1) is 17.7. The first-order chi connectivity index (χ1) is 13.2. The molecule has 0 bridgehead atoms. The van der Waals surface area contributed by atoms with E-state index < -0.39 is 0 Å². The van der Waals surface area contributed by atoms with E-state index in [4.69, 9.17) is 4.42 Å². The van der Waals surface area contributed by atoms with E-state index in [1.54, 1.807) is 16.2 Å². The van der Waals surface area contributed by atoms with Crippen LogP contribution in [0.15, 0.2) is 40.8 Å². The summed E-state index contributed by atoms with van der Waals surface area (Å²) in [6.07, 6.45) is 3.46. The fraction of sp³-hybridized carbons (Fsp3) is 0.350. The zero-order chi connectivity index (χ0) is 18.6. The van der Waals surface area contributed by atoms with E-state index in [2.05, 4.69) is 10.3 Å². The van der Waals surface area contributed by atoms with E-state index >= 15 is 0 Å². The van der Waals surface area contributed by atoms with Crippen LogP contribution in [0.2, 0.25) is 0 Å². The maximum absolute atomic E-state index is 12.2. The second-order valence-corrected chi connectivity index (χ2v) is 7.69. The highest BCUT2D eigenvalue weighted by molar-refractivity contribution is 7.21. The van der Waals surface area contributed by atoms with Gasteiger partial charge in [-0.1, -0.05) is 18.6 Å². The topological polar surface area (TPSA) is 75.4 Å². The van der Waals surface area contributed by atoms with Crippen LogP contribution >= 0.6 is 11.3 Å². The Balaban J connectivity index is 1.35. The Kier molecular flexibility index (Phi) is 5.20. The van der Waals surface area contributed by atoms with Crippen molar-refractivity contribution >= 4 is 33.4 Å². The first-order valence-corrected chi connectivity index (χ1v) is 10.00. The van der Waals surface area contributed by atoms with Crippen LogP contribution in [0.5, 0.6) is 0 Å². The molecule has 140 valence electrons. The van der Waals surface area contributed by atoms with Gasteiger partial charge in [-0.25, -0.2) is 4.98 Å². The molecule has 3 heterocycles. The third-order valence-corrected chi connectivity index (χ3v) is 5.68. The molecule has 2 amide bonds. The van der Waals surface area contributed by atoms with E-state index in [0.29, 0.717) is 31.0 Å². The van der Waals surface area contributed by atoms with Gasteiger partial charge in [-0.3, -0.25) is 9.59 Å². The molecule has 4 rings (SSSR count). The second kappa shape index (κ2) is 7.92. The highest BCUT2D eigenvalue weighted by atomic mass is 32.1. The number of aromatic nitrogens is 1. The van der Waals surface area contributed by atoms with Crippen molar-refractivity contribution in [3.05, 3.63) is 42.2 Å². The molecule has 27 heavy (non-hydrogen) atoms. The van der Waals surface area contributed by atoms with Crippen LogP contribution in [0.25, 0.3) is 21.0 Å². The molecule has 0 unspecified atom stereocenters. The van der Waals surface area contributed by atoms with E-state index in [1.165, 1.54) is 0 Å². The molecule has 0 spiro atoms. The van der Waals surface area contributed by atoms with Gasteiger partial charge in [-0.2, -0.15) is 0 Å². The minimum Gasteiger partial charge on any atom is -0.457 e. The molecular formula is C20H21N3O3S. The van der Waals surface area contributed by atoms with Crippen molar-refractivity contribution in [1.82, 2.24) is 15.2 Å². The molecule has 1 aliphatic heterocycles. The smallest absolute Gasteiger partial charge is 0.240 e. The average molecular weight is 383 g/mol. The molecule has 0 radical (unpaired) electrons. The number of amides is 2. The van der Waals surface area contributed by atoms with Crippen LogP contribution in [0.3, 0.4) is 0 Å². The van der Waals surface area contributed by atoms with E-state index in [1.807, 2.05) is 36.4 Å². The predicted molar refractivity (Wildman–Crippen MR) is 104 cm³/mol. The summed E-state index contributed by atoms with van der Waals surface area (Å²) in [6, 6.07) is 11.7. The number of thiazole rings is 1. The third kappa shape index (κ3) is 4.19. The summed E-state index contributed by atoms with van der Waals surface area (Å²) in [5, 5.41) is 3.66. The van der Waals surface area contributed by atoms with Crippen molar-refractivity contribution < 1.29 is 14.0 Å². The zero-order valence-corrected chi connectivity index (χ0v) is 15.8. The van der Waals surface area contributed by atoms with Crippen LogP contribution in [0.4, 0.5) is 0 Å². The number of nitrogens with one attached hydrogen (secondary N) is 1. The van der Waals surface area contributed by atoms with Gasteiger partial charge in [-0.05, 0) is 37.1 Å². The van der Waals surface area contributed by atoms with Crippen molar-refractivity contribution in [2.45, 2.75) is 32.2 Å². The standard InChI is InChI=1S/C20H21N3O3S/c24-18(13-23-11-5-1-2-8-19(23)25)21-12-14-9-10-16(26-14)20-22-15-6-3-4-7-17(15)27-20/h3-4,6-7,9-10H,1-2,5,8,11-13H2,(H,21,24). The molecule has 1 fully saturated rings. The van der Waals surface area contributed by atoms with E-state index in [9.17, 15) is 9.59 Å². The summed E-state index contributed by atoms with van der Waals surface area (Å²) in [5.41, 5.74) is 0.950. The SMILES string of the molecule is O=C(CN1CCCCCC1=O)NCc1ccc(-c2nc3ccccc3s2)o1. The van der Waals surface area contributed by atoms with Gasteiger partial charge >= 0.3 is 0 Å². The molecular weight excluding hydrogens is 362 g/mol. The largest absolute Gasteiger partial charge is 0.457 e. The molecule has 1 aliphatic rings. The monoisotopic (exact) mass is 383 g/mol. The van der Waals surface area contributed by atoms with Gasteiger partial charge < -0.3 is 14.6 Å². The Hall–Kier alpha value is -2.67. The van der Waals surface area contributed by atoms with Gasteiger partial charge in [0, 0.05) is 13.0 Å². The molecule has 1 aromatic carbocycles. The average Bonchev–Trinajstić information content (AvgIpc) is 3.26. The van der Waals surface area contributed by atoms with Gasteiger partial charge in [0.15, 0.2) is 10.8 Å². The van der Waals surface area contributed by atoms with Crippen molar-refractivity contribution in [3.63, 3.8) is 0 Å². The molecule has 1 N–H and O–H groups in total. The highest BCUT2D eigenvalue weighted by Crippen LogP contribution is 2.31. The number of hydrogen-bond donors (Lipinski definition) is 1. The van der Waals surface area contributed by atoms with E-state index in [-0.39, 0.29) is 18.4 Å². The summed E-state index contributed by atoms with van der Waals surface area (Å²) < 4.78 is 6.95. The van der Waals surface area contributed by atoms with Crippen LogP contribution in [0, 0.1) is 0 Å². The Morgan fingerprint density at radius 2 is 2.07 bits per heavy atom. The molecule has 0 saturated carbocycles. The maximum Gasteiger partial charge on any atom is 0.240 e. The lowest BCUT2D eigenvalue weighted by Gasteiger charge is -2.19. The summed E-state index contributed by atoms with van der Waals surface area (Å²) >= 11 is 1.58. The Morgan fingerprint density at radius 1 is 1.19 bits per heavy atom. The van der Waals surface area contributed by atoms with Crippen molar-refractivity contribution in [3.8, 4) is 10.8 Å². The zero-order valence-electron chi connectivity index (χ0n) is 14.9. The quantitative estimate of drug-likeness (QED) is 0.731. The van der Waals surface area contributed by atoms with Crippen molar-refractivity contribution in [2.24, 2.45) is 0 Å². The van der Waals surface area contributed by atoms with Crippen LogP contribution in [-0.2, 0) is 16.1 Å². The Morgan fingerprint density at radius 3 is 2.96 bits per heavy atom. The maximum atomic E-state index is 12.2. The number of benzene rings is 1. The van der Waals surface area contributed by atoms with Gasteiger partial charge in [0.25, 0.3) is 0 Å². The number of carbonyl (C=O) groups is 2. The van der Waals surface area contributed by atoms with Crippen molar-refractivity contribution in [1.29, 1.82) is 0 Å². The second-order valence-electron chi connectivity index (χ2n) is 6.66. The van der Waals surface area contributed by atoms with Gasteiger partial charge in [0.2, 0.25) is 11.8 Å². The van der Waals surface area contributed by atoms with Gasteiger partial charge in [0.1, 0.15) is 5.76 Å². The minimum absolute atomic E-state index is 0.0683. The summed E-state index contributed by atoms with van der Waals surface area (Å²) in [6.45, 7) is 1.07. The summed E-state index contributed by atoms with van der Waals surface area (Å²) in [5.74, 6) is 1.27. The van der Waals surface area contributed by atoms with Gasteiger partial charge in [0.05, 0.1) is 23.3 Å². The lowest BCUT2D eigenvalue weighted by molar-refractivity contribution is -0.135. The fourth-order valence-electron chi connectivity index (χ4n) is 3.19. The molecule has 7 heteroatoms. The Labute approximate surface area is 161 Å². The highest BCUT2D eigenvalue weighted by Gasteiger charge is 2.19. The number of carbonyl (C=O) groups excluding carboxylic acids is 2. The first-order valence-electron chi connectivity index (χ1n) is 9.18. The van der Waals surface area contributed by atoms with Crippen LogP contribution in [-0.4, -0.2) is 34.8 Å². The number of fused-ring (bicyclic) bond motifs is 1. The number of nitrogens with zero attached hydrogens (tertiary/aromatic N) is 2. The molecule has 0 atom stereocenters.